The minimum absolute atomic E-state index is 0.0730. The first-order valence-corrected chi connectivity index (χ1v) is 11.4. The number of para-hydroxylation sites is 2. The van der Waals surface area contributed by atoms with E-state index in [1.165, 1.54) is 6.42 Å². The standard InChI is InChI=1S/C23H33N5O2/c1-2-11-25-15-17-26(18-16-25)21(29)10-14-28-20-9-5-4-8-19(20)24-22(23(28)30)27-12-6-3-7-13-27/h4-5,8-9H,2-3,6-7,10-18H2,1H3. The molecule has 2 aliphatic rings. The first-order chi connectivity index (χ1) is 14.7. The van der Waals surface area contributed by atoms with Gasteiger partial charge in [0.2, 0.25) is 5.91 Å². The van der Waals surface area contributed by atoms with Crippen LogP contribution in [0, 0.1) is 0 Å². The highest BCUT2D eigenvalue weighted by molar-refractivity contribution is 5.78. The van der Waals surface area contributed by atoms with Crippen molar-refractivity contribution in [3.63, 3.8) is 0 Å². The number of hydrogen-bond acceptors (Lipinski definition) is 5. The Morgan fingerprint density at radius 3 is 2.43 bits per heavy atom. The van der Waals surface area contributed by atoms with E-state index in [2.05, 4.69) is 16.7 Å². The predicted octanol–water partition coefficient (Wildman–Crippen LogP) is 2.33. The molecule has 0 bridgehead atoms. The zero-order chi connectivity index (χ0) is 20.9. The first kappa shape index (κ1) is 20.8. The fourth-order valence-corrected chi connectivity index (χ4v) is 4.62. The summed E-state index contributed by atoms with van der Waals surface area (Å²) in [6, 6.07) is 7.76. The molecular weight excluding hydrogens is 378 g/mol. The number of hydrogen-bond donors (Lipinski definition) is 0. The highest BCUT2D eigenvalue weighted by atomic mass is 16.2. The minimum Gasteiger partial charge on any atom is -0.352 e. The van der Waals surface area contributed by atoms with Crippen molar-refractivity contribution in [2.75, 3.05) is 50.7 Å². The van der Waals surface area contributed by atoms with E-state index < -0.39 is 0 Å². The monoisotopic (exact) mass is 411 g/mol. The molecule has 1 amide bonds. The lowest BCUT2D eigenvalue weighted by atomic mass is 10.1. The van der Waals surface area contributed by atoms with Gasteiger partial charge >= 0.3 is 0 Å². The Bertz CT molecular complexity index is 927. The van der Waals surface area contributed by atoms with Gasteiger partial charge in [-0.1, -0.05) is 19.1 Å². The van der Waals surface area contributed by atoms with E-state index in [1.807, 2.05) is 29.2 Å². The molecule has 2 saturated heterocycles. The van der Waals surface area contributed by atoms with Gasteiger partial charge in [0.25, 0.3) is 5.56 Å². The van der Waals surface area contributed by atoms with Crippen LogP contribution in [0.15, 0.2) is 29.1 Å². The third-order valence-electron chi connectivity index (χ3n) is 6.31. The topological polar surface area (TPSA) is 61.7 Å². The Labute approximate surface area is 178 Å². The second-order valence-corrected chi connectivity index (χ2v) is 8.40. The van der Waals surface area contributed by atoms with Crippen molar-refractivity contribution in [2.24, 2.45) is 0 Å². The van der Waals surface area contributed by atoms with Crippen molar-refractivity contribution >= 4 is 22.8 Å². The molecular formula is C23H33N5O2. The number of rotatable bonds is 6. The zero-order valence-electron chi connectivity index (χ0n) is 18.1. The van der Waals surface area contributed by atoms with Crippen LogP contribution in [0.25, 0.3) is 11.0 Å². The third kappa shape index (κ3) is 4.51. The van der Waals surface area contributed by atoms with Crippen LogP contribution in [0.1, 0.15) is 39.0 Å². The average molecular weight is 412 g/mol. The third-order valence-corrected chi connectivity index (χ3v) is 6.31. The van der Waals surface area contributed by atoms with Crippen LogP contribution in [0.3, 0.4) is 0 Å². The molecule has 0 aliphatic carbocycles. The molecule has 3 heterocycles. The summed E-state index contributed by atoms with van der Waals surface area (Å²) in [6.07, 6.45) is 4.89. The largest absolute Gasteiger partial charge is 0.352 e. The van der Waals surface area contributed by atoms with Crippen LogP contribution < -0.4 is 10.5 Å². The number of piperidine rings is 1. The lowest BCUT2D eigenvalue weighted by Crippen LogP contribution is -2.49. The van der Waals surface area contributed by atoms with E-state index >= 15 is 0 Å². The van der Waals surface area contributed by atoms with Gasteiger partial charge in [-0.3, -0.25) is 14.5 Å². The SMILES string of the molecule is CCCN1CCN(C(=O)CCn2c(=O)c(N3CCCCC3)nc3ccccc32)CC1. The summed E-state index contributed by atoms with van der Waals surface area (Å²) in [5, 5.41) is 0. The summed E-state index contributed by atoms with van der Waals surface area (Å²) in [5.41, 5.74) is 1.55. The number of aromatic nitrogens is 2. The van der Waals surface area contributed by atoms with Gasteiger partial charge < -0.3 is 14.4 Å². The van der Waals surface area contributed by atoms with Gasteiger partial charge in [0, 0.05) is 52.2 Å². The molecule has 162 valence electrons. The van der Waals surface area contributed by atoms with Gasteiger partial charge in [0.15, 0.2) is 5.82 Å². The van der Waals surface area contributed by atoms with E-state index in [4.69, 9.17) is 4.98 Å². The molecule has 4 rings (SSSR count). The van der Waals surface area contributed by atoms with Gasteiger partial charge in [0.05, 0.1) is 11.0 Å². The Balaban J connectivity index is 1.51. The maximum absolute atomic E-state index is 13.3. The Morgan fingerprint density at radius 1 is 0.967 bits per heavy atom. The molecule has 0 atom stereocenters. The van der Waals surface area contributed by atoms with Crippen molar-refractivity contribution in [3.8, 4) is 0 Å². The number of piperazine rings is 1. The molecule has 30 heavy (non-hydrogen) atoms. The fraction of sp³-hybridized carbons (Fsp3) is 0.609. The number of nitrogens with zero attached hydrogens (tertiary/aromatic N) is 5. The van der Waals surface area contributed by atoms with E-state index in [-0.39, 0.29) is 11.5 Å². The number of amides is 1. The van der Waals surface area contributed by atoms with Crippen LogP contribution in [0.2, 0.25) is 0 Å². The van der Waals surface area contributed by atoms with Crippen LogP contribution >= 0.6 is 0 Å². The van der Waals surface area contributed by atoms with Gasteiger partial charge in [-0.2, -0.15) is 0 Å². The minimum atomic E-state index is -0.0730. The Kier molecular flexibility index (Phi) is 6.67. The van der Waals surface area contributed by atoms with Crippen molar-refractivity contribution in [1.82, 2.24) is 19.4 Å². The Morgan fingerprint density at radius 2 is 1.70 bits per heavy atom. The van der Waals surface area contributed by atoms with E-state index in [0.717, 1.165) is 76.1 Å². The smallest absolute Gasteiger partial charge is 0.294 e. The van der Waals surface area contributed by atoms with Crippen molar-refractivity contribution < 1.29 is 4.79 Å². The van der Waals surface area contributed by atoms with E-state index in [1.54, 1.807) is 4.57 Å². The van der Waals surface area contributed by atoms with Crippen LogP contribution in [-0.4, -0.2) is 71.1 Å². The van der Waals surface area contributed by atoms with Gasteiger partial charge in [0.1, 0.15) is 0 Å². The quantitative estimate of drug-likeness (QED) is 0.730. The molecule has 2 aromatic rings. The van der Waals surface area contributed by atoms with Crippen molar-refractivity contribution in [2.45, 2.75) is 45.6 Å². The molecule has 1 aromatic carbocycles. The fourth-order valence-electron chi connectivity index (χ4n) is 4.62. The zero-order valence-corrected chi connectivity index (χ0v) is 18.1. The summed E-state index contributed by atoms with van der Waals surface area (Å²) < 4.78 is 1.76. The molecule has 2 aliphatic heterocycles. The number of fused-ring (bicyclic) bond motifs is 1. The molecule has 0 radical (unpaired) electrons. The first-order valence-electron chi connectivity index (χ1n) is 11.4. The molecule has 1 aromatic heterocycles. The van der Waals surface area contributed by atoms with Gasteiger partial charge in [-0.25, -0.2) is 4.98 Å². The summed E-state index contributed by atoms with van der Waals surface area (Å²) in [4.78, 5) is 37.3. The highest BCUT2D eigenvalue weighted by Gasteiger charge is 2.22. The van der Waals surface area contributed by atoms with Gasteiger partial charge in [-0.05, 0) is 44.4 Å². The summed E-state index contributed by atoms with van der Waals surface area (Å²) in [5.74, 6) is 0.674. The lowest BCUT2D eigenvalue weighted by molar-refractivity contribution is -0.133. The van der Waals surface area contributed by atoms with Crippen molar-refractivity contribution in [1.29, 1.82) is 0 Å². The van der Waals surface area contributed by atoms with E-state index in [0.29, 0.717) is 18.8 Å². The molecule has 0 spiro atoms. The number of carbonyl (C=O) groups excluding carboxylic acids is 1. The molecule has 2 fully saturated rings. The average Bonchev–Trinajstić information content (AvgIpc) is 2.79. The summed E-state index contributed by atoms with van der Waals surface area (Å²) in [6.45, 7) is 8.88. The highest BCUT2D eigenvalue weighted by Crippen LogP contribution is 2.18. The van der Waals surface area contributed by atoms with Crippen LogP contribution in [0.4, 0.5) is 5.82 Å². The van der Waals surface area contributed by atoms with Crippen molar-refractivity contribution in [3.05, 3.63) is 34.6 Å². The normalized spacial score (nSPS) is 18.2. The maximum Gasteiger partial charge on any atom is 0.294 e. The van der Waals surface area contributed by atoms with E-state index in [9.17, 15) is 9.59 Å². The number of benzene rings is 1. The molecule has 7 heteroatoms. The second kappa shape index (κ2) is 9.60. The number of carbonyl (C=O) groups is 1. The lowest BCUT2D eigenvalue weighted by Gasteiger charge is -2.34. The second-order valence-electron chi connectivity index (χ2n) is 8.40. The molecule has 0 N–H and O–H groups in total. The number of aryl methyl sites for hydroxylation is 1. The number of anilines is 1. The summed E-state index contributed by atoms with van der Waals surface area (Å²) in [7, 11) is 0. The Hall–Kier alpha value is -2.41. The summed E-state index contributed by atoms with van der Waals surface area (Å²) >= 11 is 0. The molecule has 0 saturated carbocycles. The molecule has 0 unspecified atom stereocenters. The molecule has 7 nitrogen and oxygen atoms in total. The maximum atomic E-state index is 13.3. The van der Waals surface area contributed by atoms with Gasteiger partial charge in [-0.15, -0.1) is 0 Å². The predicted molar refractivity (Wildman–Crippen MR) is 120 cm³/mol. The van der Waals surface area contributed by atoms with Crippen LogP contribution in [0.5, 0.6) is 0 Å². The van der Waals surface area contributed by atoms with Crippen LogP contribution in [-0.2, 0) is 11.3 Å².